The molecule has 1 saturated heterocycles. The van der Waals surface area contributed by atoms with E-state index in [0.717, 1.165) is 19.5 Å². The van der Waals surface area contributed by atoms with Crippen LogP contribution in [-0.2, 0) is 0 Å². The second-order valence-electron chi connectivity index (χ2n) is 3.59. The Morgan fingerprint density at radius 3 is 2.82 bits per heavy atom. The molecule has 1 atom stereocenters. The Labute approximate surface area is 69.1 Å². The van der Waals surface area contributed by atoms with Crippen molar-refractivity contribution in [2.75, 3.05) is 19.6 Å². The second-order valence-corrected chi connectivity index (χ2v) is 3.59. The average Bonchev–Trinajstić information content (AvgIpc) is 2.31. The highest BCUT2D eigenvalue weighted by Crippen LogP contribution is 2.06. The summed E-state index contributed by atoms with van der Waals surface area (Å²) < 4.78 is 0. The number of nitrogens with two attached hydrogens (primary N) is 1. The van der Waals surface area contributed by atoms with Crippen LogP contribution in [0.25, 0.3) is 0 Å². The van der Waals surface area contributed by atoms with E-state index in [4.69, 9.17) is 5.73 Å². The van der Waals surface area contributed by atoms with Crippen molar-refractivity contribution in [2.45, 2.75) is 26.3 Å². The molecule has 11 heavy (non-hydrogen) atoms. The quantitative estimate of drug-likeness (QED) is 0.601. The van der Waals surface area contributed by atoms with E-state index < -0.39 is 0 Å². The minimum Gasteiger partial charge on any atom is -0.326 e. The SMILES string of the molecule is CC(C)=CCN1CC[C@@H](N)C1. The van der Waals surface area contributed by atoms with Gasteiger partial charge in [0.1, 0.15) is 0 Å². The van der Waals surface area contributed by atoms with E-state index in [9.17, 15) is 0 Å². The first-order valence-corrected chi connectivity index (χ1v) is 4.30. The lowest BCUT2D eigenvalue weighted by molar-refractivity contribution is 0.371. The van der Waals surface area contributed by atoms with Crippen LogP contribution in [0.3, 0.4) is 0 Å². The van der Waals surface area contributed by atoms with Crippen molar-refractivity contribution in [3.63, 3.8) is 0 Å². The van der Waals surface area contributed by atoms with E-state index >= 15 is 0 Å². The van der Waals surface area contributed by atoms with Crippen LogP contribution in [0, 0.1) is 0 Å². The summed E-state index contributed by atoms with van der Waals surface area (Å²) in [5.41, 5.74) is 7.16. The van der Waals surface area contributed by atoms with Crippen LogP contribution in [0.4, 0.5) is 0 Å². The van der Waals surface area contributed by atoms with Gasteiger partial charge in [0.15, 0.2) is 0 Å². The summed E-state index contributed by atoms with van der Waals surface area (Å²) in [6.45, 7) is 7.59. The third kappa shape index (κ3) is 3.04. The highest BCUT2D eigenvalue weighted by Gasteiger charge is 2.16. The van der Waals surface area contributed by atoms with Crippen molar-refractivity contribution in [3.05, 3.63) is 11.6 Å². The Bertz CT molecular complexity index is 148. The molecule has 1 fully saturated rings. The highest BCUT2D eigenvalue weighted by molar-refractivity contribution is 4.96. The summed E-state index contributed by atoms with van der Waals surface area (Å²) in [5, 5.41) is 0. The smallest absolute Gasteiger partial charge is 0.0180 e. The van der Waals surface area contributed by atoms with Gasteiger partial charge in [-0.2, -0.15) is 0 Å². The molecule has 0 aromatic rings. The minimum atomic E-state index is 0.417. The third-order valence-corrected chi connectivity index (χ3v) is 2.07. The predicted molar refractivity (Wildman–Crippen MR) is 48.5 cm³/mol. The van der Waals surface area contributed by atoms with E-state index in [1.165, 1.54) is 12.1 Å². The summed E-state index contributed by atoms with van der Waals surface area (Å²) >= 11 is 0. The normalized spacial score (nSPS) is 25.5. The van der Waals surface area contributed by atoms with Crippen LogP contribution >= 0.6 is 0 Å². The molecule has 0 spiro atoms. The van der Waals surface area contributed by atoms with E-state index in [0.29, 0.717) is 6.04 Å². The van der Waals surface area contributed by atoms with Crippen LogP contribution in [-0.4, -0.2) is 30.6 Å². The molecule has 1 rings (SSSR count). The van der Waals surface area contributed by atoms with Gasteiger partial charge in [-0.25, -0.2) is 0 Å². The molecular formula is C9H18N2. The zero-order valence-electron chi connectivity index (χ0n) is 7.51. The molecule has 0 amide bonds. The Morgan fingerprint density at radius 1 is 1.64 bits per heavy atom. The number of nitrogens with zero attached hydrogens (tertiary/aromatic N) is 1. The maximum Gasteiger partial charge on any atom is 0.0180 e. The van der Waals surface area contributed by atoms with Gasteiger partial charge >= 0.3 is 0 Å². The van der Waals surface area contributed by atoms with E-state index in [1.54, 1.807) is 0 Å². The second kappa shape index (κ2) is 3.88. The van der Waals surface area contributed by atoms with Crippen molar-refractivity contribution in [1.29, 1.82) is 0 Å². The Hall–Kier alpha value is -0.340. The lowest BCUT2D eigenvalue weighted by Gasteiger charge is -2.11. The lowest BCUT2D eigenvalue weighted by Crippen LogP contribution is -2.26. The van der Waals surface area contributed by atoms with Gasteiger partial charge in [-0.15, -0.1) is 0 Å². The molecule has 64 valence electrons. The Kier molecular flexibility index (Phi) is 3.09. The Morgan fingerprint density at radius 2 is 2.36 bits per heavy atom. The standard InChI is InChI=1S/C9H18N2/c1-8(2)3-5-11-6-4-9(10)7-11/h3,9H,4-7,10H2,1-2H3/t9-/m1/s1. The zero-order chi connectivity index (χ0) is 8.27. The molecule has 1 aliphatic heterocycles. The monoisotopic (exact) mass is 154 g/mol. The van der Waals surface area contributed by atoms with Crippen LogP contribution in [0.5, 0.6) is 0 Å². The molecule has 1 heterocycles. The first kappa shape index (κ1) is 8.75. The zero-order valence-corrected chi connectivity index (χ0v) is 7.51. The predicted octanol–water partition coefficient (Wildman–Crippen LogP) is 0.986. The number of hydrogen-bond donors (Lipinski definition) is 1. The topological polar surface area (TPSA) is 29.3 Å². The van der Waals surface area contributed by atoms with Gasteiger partial charge in [-0.05, 0) is 20.3 Å². The van der Waals surface area contributed by atoms with Crippen LogP contribution in [0.15, 0.2) is 11.6 Å². The van der Waals surface area contributed by atoms with Crippen molar-refractivity contribution < 1.29 is 0 Å². The molecular weight excluding hydrogens is 136 g/mol. The molecule has 1 aliphatic rings. The molecule has 0 aromatic heterocycles. The summed E-state index contributed by atoms with van der Waals surface area (Å²) in [6.07, 6.45) is 3.43. The molecule has 0 radical (unpaired) electrons. The minimum absolute atomic E-state index is 0.417. The van der Waals surface area contributed by atoms with Crippen molar-refractivity contribution in [3.8, 4) is 0 Å². The Balaban J connectivity index is 2.23. The summed E-state index contributed by atoms with van der Waals surface area (Å²) in [7, 11) is 0. The van der Waals surface area contributed by atoms with Crippen LogP contribution < -0.4 is 5.73 Å². The molecule has 0 aromatic carbocycles. The summed E-state index contributed by atoms with van der Waals surface area (Å²) in [4.78, 5) is 2.40. The molecule has 2 heteroatoms. The molecule has 0 saturated carbocycles. The van der Waals surface area contributed by atoms with Gasteiger partial charge in [0, 0.05) is 25.7 Å². The van der Waals surface area contributed by atoms with Gasteiger partial charge in [0.05, 0.1) is 0 Å². The van der Waals surface area contributed by atoms with E-state index in [-0.39, 0.29) is 0 Å². The molecule has 0 bridgehead atoms. The first-order chi connectivity index (χ1) is 5.18. The fraction of sp³-hybridized carbons (Fsp3) is 0.778. The molecule has 2 nitrogen and oxygen atoms in total. The van der Waals surface area contributed by atoms with Crippen molar-refractivity contribution in [2.24, 2.45) is 5.73 Å². The van der Waals surface area contributed by atoms with Gasteiger partial charge in [0.2, 0.25) is 0 Å². The molecule has 0 aliphatic carbocycles. The van der Waals surface area contributed by atoms with Crippen molar-refractivity contribution >= 4 is 0 Å². The average molecular weight is 154 g/mol. The third-order valence-electron chi connectivity index (χ3n) is 2.07. The van der Waals surface area contributed by atoms with Gasteiger partial charge < -0.3 is 5.73 Å². The summed E-state index contributed by atoms with van der Waals surface area (Å²) in [5.74, 6) is 0. The molecule has 2 N–H and O–H groups in total. The largest absolute Gasteiger partial charge is 0.326 e. The van der Waals surface area contributed by atoms with Gasteiger partial charge in [-0.1, -0.05) is 11.6 Å². The van der Waals surface area contributed by atoms with E-state index in [2.05, 4.69) is 24.8 Å². The number of rotatable bonds is 2. The maximum absolute atomic E-state index is 5.77. The van der Waals surface area contributed by atoms with E-state index in [1.807, 2.05) is 0 Å². The fourth-order valence-corrected chi connectivity index (χ4v) is 1.34. The number of hydrogen-bond acceptors (Lipinski definition) is 2. The van der Waals surface area contributed by atoms with Gasteiger partial charge in [-0.3, -0.25) is 4.90 Å². The number of allylic oxidation sites excluding steroid dienone is 1. The summed E-state index contributed by atoms with van der Waals surface area (Å²) in [6, 6.07) is 0.417. The number of likely N-dealkylation sites (tertiary alicyclic amines) is 1. The lowest BCUT2D eigenvalue weighted by atomic mass is 10.3. The fourth-order valence-electron chi connectivity index (χ4n) is 1.34. The first-order valence-electron chi connectivity index (χ1n) is 4.30. The van der Waals surface area contributed by atoms with Crippen LogP contribution in [0.2, 0.25) is 0 Å². The van der Waals surface area contributed by atoms with Gasteiger partial charge in [0.25, 0.3) is 0 Å². The molecule has 0 unspecified atom stereocenters. The van der Waals surface area contributed by atoms with Crippen LogP contribution in [0.1, 0.15) is 20.3 Å². The van der Waals surface area contributed by atoms with Crippen molar-refractivity contribution in [1.82, 2.24) is 4.90 Å². The maximum atomic E-state index is 5.77. The highest BCUT2D eigenvalue weighted by atomic mass is 15.2.